The Bertz CT molecular complexity index is 2420. The maximum atomic E-state index is 13.5. The number of halogens is 1. The van der Waals surface area contributed by atoms with Gasteiger partial charge in [-0.3, -0.25) is 4.55 Å². The van der Waals surface area contributed by atoms with Crippen molar-refractivity contribution >= 4 is 91.3 Å². The molecular weight excluding hydrogens is 799 g/mol. The Morgan fingerprint density at radius 2 is 1.28 bits per heavy atom. The molecule has 0 saturated heterocycles. The molecule has 0 saturated carbocycles. The van der Waals surface area contributed by atoms with E-state index >= 15 is 0 Å². The third-order valence-corrected chi connectivity index (χ3v) is 10.2. The predicted octanol–water partition coefficient (Wildman–Crippen LogP) is -5.61. The monoisotopic (exact) mass is 815 g/mol. The first-order chi connectivity index (χ1) is 21.7. The topological polar surface area (TPSA) is 311 Å². The number of nitrogens with zero attached hydrogens (tertiary/aromatic N) is 4. The van der Waals surface area contributed by atoms with Crippen LogP contribution < -0.4 is 99.5 Å². The van der Waals surface area contributed by atoms with Crippen LogP contribution in [0.5, 0.6) is 5.75 Å². The fourth-order valence-corrected chi connectivity index (χ4v) is 6.87. The van der Waals surface area contributed by atoms with Gasteiger partial charge in [0, 0.05) is 5.39 Å². The molecule has 50 heavy (non-hydrogen) atoms. The van der Waals surface area contributed by atoms with Crippen LogP contribution in [0, 0.1) is 0 Å². The van der Waals surface area contributed by atoms with Gasteiger partial charge < -0.3 is 19.9 Å². The van der Waals surface area contributed by atoms with E-state index in [9.17, 15) is 47.9 Å². The Morgan fingerprint density at radius 1 is 0.760 bits per heavy atom. The summed E-state index contributed by atoms with van der Waals surface area (Å²) in [6.45, 7) is -0.891. The predicted molar refractivity (Wildman–Crippen MR) is 160 cm³/mol. The zero-order valence-corrected chi connectivity index (χ0v) is 35.9. The van der Waals surface area contributed by atoms with Crippen molar-refractivity contribution in [1.82, 2.24) is 0 Å². The quantitative estimate of drug-likeness (QED) is 0.0618. The van der Waals surface area contributed by atoms with E-state index in [1.54, 1.807) is 6.07 Å². The Balaban J connectivity index is 0.00000417. The molecule has 0 amide bonds. The Kier molecular flexibility index (Phi) is 17.1. The summed E-state index contributed by atoms with van der Waals surface area (Å²) in [4.78, 5) is -2.69. The van der Waals surface area contributed by atoms with Crippen molar-refractivity contribution in [2.24, 2.45) is 20.5 Å². The second-order valence-corrected chi connectivity index (χ2v) is 15.4. The molecule has 4 rings (SSSR count). The van der Waals surface area contributed by atoms with Crippen molar-refractivity contribution < 1.29 is 145 Å². The number of nitrogens with two attached hydrogens (primary N) is 1. The number of fused-ring (bicyclic) bond motifs is 1. The maximum Gasteiger partial charge on any atom is 1.00 e. The zero-order valence-electron chi connectivity index (χ0n) is 25.9. The third kappa shape index (κ3) is 11.7. The van der Waals surface area contributed by atoms with E-state index in [-0.39, 0.29) is 110 Å². The van der Waals surface area contributed by atoms with Crippen molar-refractivity contribution in [3.63, 3.8) is 0 Å². The van der Waals surface area contributed by atoms with Crippen LogP contribution in [0.3, 0.4) is 0 Å². The van der Waals surface area contributed by atoms with Crippen LogP contribution in [0.2, 0.25) is 5.02 Å². The molecular formula is C24H17ClN5Na3O13S4. The summed E-state index contributed by atoms with van der Waals surface area (Å²) in [7, 11) is -19.9. The van der Waals surface area contributed by atoms with Gasteiger partial charge >= 0.3 is 99.1 Å². The summed E-state index contributed by atoms with van der Waals surface area (Å²) >= 11 is 6.02. The first kappa shape index (κ1) is 46.9. The number of nitrogen functional groups attached to an aromatic ring is 1. The molecule has 0 atom stereocenters. The van der Waals surface area contributed by atoms with Crippen molar-refractivity contribution in [2.45, 2.75) is 14.7 Å². The van der Waals surface area contributed by atoms with Crippen molar-refractivity contribution in [1.29, 1.82) is 0 Å². The number of hydrogen-bond donors (Lipinski definition) is 2. The van der Waals surface area contributed by atoms with Gasteiger partial charge in [0.2, 0.25) is 0 Å². The van der Waals surface area contributed by atoms with E-state index < -0.39 is 96.2 Å². The molecule has 18 nitrogen and oxygen atoms in total. The van der Waals surface area contributed by atoms with E-state index in [0.717, 1.165) is 24.3 Å². The molecule has 0 heterocycles. The van der Waals surface area contributed by atoms with E-state index in [4.69, 9.17) is 21.9 Å². The molecule has 0 fully saturated rings. The zero-order chi connectivity index (χ0) is 34.9. The molecule has 0 unspecified atom stereocenters. The van der Waals surface area contributed by atoms with Crippen LogP contribution in [0.4, 0.5) is 28.4 Å². The summed E-state index contributed by atoms with van der Waals surface area (Å²) in [5, 5.41) is 27.2. The van der Waals surface area contributed by atoms with E-state index in [1.165, 1.54) is 18.2 Å². The van der Waals surface area contributed by atoms with Crippen molar-refractivity contribution in [2.75, 3.05) is 18.1 Å². The molecule has 0 radical (unpaired) electrons. The maximum absolute atomic E-state index is 13.5. The summed E-state index contributed by atoms with van der Waals surface area (Å²) < 4.78 is 131. The molecule has 4 aromatic rings. The standard InChI is InChI=1S/C24H20ClN5O13S4.3Na/c25-16-3-1-2-4-17(16)28-29-22-18(45(34,35)36)11-13-12-19(46(37,38)39)23(24(31)20(13)21(22)26)30-27-14-5-7-15(8-6-14)44(32,33)10-9-43-47(40,41)42;;;/h1-8,11-12,31H,9-10,26H2,(H,34,35,36)(H,37,38,39)(H,40,41,42);;;/q;3*+1/p-3. The summed E-state index contributed by atoms with van der Waals surface area (Å²) in [5.41, 5.74) is 3.34. The van der Waals surface area contributed by atoms with E-state index in [1.807, 2.05) is 0 Å². The number of benzene rings is 4. The normalized spacial score (nSPS) is 12.4. The third-order valence-electron chi connectivity index (χ3n) is 5.99. The van der Waals surface area contributed by atoms with Gasteiger partial charge in [-0.05, 0) is 53.9 Å². The summed E-state index contributed by atoms with van der Waals surface area (Å²) in [6, 6.07) is 11.2. The minimum Gasteiger partial charge on any atom is -0.870 e. The van der Waals surface area contributed by atoms with Crippen LogP contribution in [-0.2, 0) is 44.7 Å². The molecule has 0 aliphatic rings. The van der Waals surface area contributed by atoms with Gasteiger partial charge in [0.15, 0.2) is 9.84 Å². The second-order valence-electron chi connectivity index (χ2n) is 9.11. The first-order valence-electron chi connectivity index (χ1n) is 12.2. The van der Waals surface area contributed by atoms with Gasteiger partial charge in [-0.2, -0.15) is 13.5 Å². The second kappa shape index (κ2) is 18.3. The molecule has 3 N–H and O–H groups in total. The number of anilines is 1. The molecule has 0 aromatic heterocycles. The van der Waals surface area contributed by atoms with Crippen LogP contribution in [0.15, 0.2) is 95.8 Å². The minimum atomic E-state index is -5.50. The van der Waals surface area contributed by atoms with Gasteiger partial charge in [-0.15, -0.1) is 15.3 Å². The Hall–Kier alpha value is -1.13. The molecule has 0 spiro atoms. The number of azo groups is 2. The molecule has 0 bridgehead atoms. The molecule has 4 aromatic carbocycles. The Labute approximate surface area is 356 Å². The number of rotatable bonds is 11. The average molecular weight is 816 g/mol. The van der Waals surface area contributed by atoms with Crippen LogP contribution in [0.25, 0.3) is 10.8 Å². The van der Waals surface area contributed by atoms with Gasteiger partial charge in [-0.25, -0.2) is 29.4 Å². The largest absolute Gasteiger partial charge is 1.00 e. The number of sulfone groups is 1. The van der Waals surface area contributed by atoms with Crippen molar-refractivity contribution in [3.8, 4) is 5.75 Å². The fraction of sp³-hybridized carbons (Fsp3) is 0.0833. The van der Waals surface area contributed by atoms with E-state index in [0.29, 0.717) is 12.1 Å². The number of hydrogen-bond acceptors (Lipinski definition) is 17. The smallest absolute Gasteiger partial charge is 0.870 e. The SMILES string of the molecule is Nc1c(N=Nc2ccccc2Cl)c(S(=O)(=O)[O-])cc2cc(S(=O)(=O)[O-])c(N=Nc3ccc(S(=O)(=O)CCOS(=O)(=O)O)cc3)c([O-])c12.[Na+].[Na+].[Na+]. The molecule has 250 valence electrons. The molecule has 26 heteroatoms. The van der Waals surface area contributed by atoms with Gasteiger partial charge in [0.25, 0.3) is 0 Å². The van der Waals surface area contributed by atoms with Crippen LogP contribution in [0.1, 0.15) is 0 Å². The summed E-state index contributed by atoms with van der Waals surface area (Å²) in [6.07, 6.45) is 0. The van der Waals surface area contributed by atoms with Gasteiger partial charge in [-0.1, -0.05) is 29.5 Å². The van der Waals surface area contributed by atoms with Crippen LogP contribution >= 0.6 is 11.6 Å². The molecule has 0 aliphatic heterocycles. The average Bonchev–Trinajstić information content (AvgIpc) is 2.95. The summed E-state index contributed by atoms with van der Waals surface area (Å²) in [5.74, 6) is -2.17. The van der Waals surface area contributed by atoms with Gasteiger partial charge in [0.05, 0.1) is 49.1 Å². The Morgan fingerprint density at radius 3 is 1.80 bits per heavy atom. The fourth-order valence-electron chi connectivity index (χ4n) is 3.91. The van der Waals surface area contributed by atoms with Gasteiger partial charge in [0.1, 0.15) is 31.6 Å². The van der Waals surface area contributed by atoms with E-state index in [2.05, 4.69) is 24.6 Å². The minimum absolute atomic E-state index is 0. The molecule has 0 aliphatic carbocycles. The first-order valence-corrected chi connectivity index (χ1v) is 18.4. The van der Waals surface area contributed by atoms with Crippen molar-refractivity contribution in [3.05, 3.63) is 65.7 Å². The van der Waals surface area contributed by atoms with Crippen LogP contribution in [-0.4, -0.2) is 59.7 Å².